The van der Waals surface area contributed by atoms with Crippen LogP contribution >= 0.6 is 11.6 Å². The molecule has 0 spiro atoms. The van der Waals surface area contributed by atoms with Gasteiger partial charge in [0.1, 0.15) is 18.1 Å². The van der Waals surface area contributed by atoms with Gasteiger partial charge < -0.3 is 9.88 Å². The van der Waals surface area contributed by atoms with E-state index in [0.717, 1.165) is 17.3 Å². The summed E-state index contributed by atoms with van der Waals surface area (Å²) in [6.45, 7) is 0.500. The first-order valence-corrected chi connectivity index (χ1v) is 10.9. The predicted molar refractivity (Wildman–Crippen MR) is 106 cm³/mol. The maximum Gasteiger partial charge on any atom is 0.240 e. The number of imidazole rings is 1. The van der Waals surface area contributed by atoms with Gasteiger partial charge in [0.2, 0.25) is 5.91 Å². The van der Waals surface area contributed by atoms with E-state index in [9.17, 15) is 13.2 Å². The highest BCUT2D eigenvalue weighted by Crippen LogP contribution is 2.17. The molecule has 0 aliphatic heterocycles. The molecule has 3 rings (SSSR count). The summed E-state index contributed by atoms with van der Waals surface area (Å²) in [4.78, 5) is 16.8. The minimum Gasteiger partial charge on any atom is -0.354 e. The Balaban J connectivity index is 1.70. The number of nitrogens with zero attached hydrogens (tertiary/aromatic N) is 2. The fraction of sp³-hybridized carbons (Fsp3) is 0.263. The molecule has 27 heavy (non-hydrogen) atoms. The van der Waals surface area contributed by atoms with Crippen LogP contribution in [-0.4, -0.2) is 36.7 Å². The minimum atomic E-state index is -3.27. The van der Waals surface area contributed by atoms with Gasteiger partial charge in [0, 0.05) is 17.8 Å². The molecule has 3 aromatic rings. The molecule has 6 nitrogen and oxygen atoms in total. The van der Waals surface area contributed by atoms with Gasteiger partial charge in [-0.2, -0.15) is 0 Å². The number of nitrogens with one attached hydrogen (secondary N) is 1. The van der Waals surface area contributed by atoms with Crippen molar-refractivity contribution in [2.24, 2.45) is 0 Å². The van der Waals surface area contributed by atoms with Crippen molar-refractivity contribution in [3.8, 4) is 0 Å². The molecule has 1 amide bonds. The second kappa shape index (κ2) is 8.10. The Morgan fingerprint density at radius 1 is 1.15 bits per heavy atom. The lowest BCUT2D eigenvalue weighted by atomic mass is 10.1. The monoisotopic (exact) mass is 405 g/mol. The average Bonchev–Trinajstić information content (AvgIpc) is 2.92. The number of aromatic nitrogens is 2. The van der Waals surface area contributed by atoms with Gasteiger partial charge in [-0.05, 0) is 36.2 Å². The first kappa shape index (κ1) is 19.4. The van der Waals surface area contributed by atoms with Crippen LogP contribution in [-0.2, 0) is 33.4 Å². The average molecular weight is 406 g/mol. The summed E-state index contributed by atoms with van der Waals surface area (Å²) >= 11 is 5.86. The summed E-state index contributed by atoms with van der Waals surface area (Å²) < 4.78 is 25.1. The topological polar surface area (TPSA) is 81.1 Å². The minimum absolute atomic E-state index is 0.0198. The first-order valence-electron chi connectivity index (χ1n) is 8.45. The standard InChI is InChI=1S/C19H20ClN3O3S/c1-27(25,26)13-18-22-16-4-2-3-5-17(16)23(18)12-19(24)21-11-10-14-6-8-15(20)9-7-14/h2-9H,10-13H2,1H3,(H,21,24). The molecule has 0 aliphatic carbocycles. The number of carbonyl (C=O) groups excluding carboxylic acids is 1. The molecule has 0 aliphatic rings. The number of hydrogen-bond acceptors (Lipinski definition) is 4. The number of sulfone groups is 1. The van der Waals surface area contributed by atoms with E-state index in [1.165, 1.54) is 0 Å². The SMILES string of the molecule is CS(=O)(=O)Cc1nc2ccccc2n1CC(=O)NCCc1ccc(Cl)cc1. The van der Waals surface area contributed by atoms with Crippen molar-refractivity contribution in [3.05, 3.63) is 64.9 Å². The fourth-order valence-electron chi connectivity index (χ4n) is 2.84. The number of hydrogen-bond donors (Lipinski definition) is 1. The molecule has 0 atom stereocenters. The summed E-state index contributed by atoms with van der Waals surface area (Å²) in [7, 11) is -3.27. The molecule has 1 N–H and O–H groups in total. The van der Waals surface area contributed by atoms with Gasteiger partial charge >= 0.3 is 0 Å². The van der Waals surface area contributed by atoms with Crippen LogP contribution in [0.2, 0.25) is 5.02 Å². The molecule has 1 heterocycles. The molecular weight excluding hydrogens is 386 g/mol. The van der Waals surface area contributed by atoms with Crippen LogP contribution in [0.4, 0.5) is 0 Å². The number of halogens is 1. The van der Waals surface area contributed by atoms with Crippen molar-refractivity contribution >= 4 is 38.4 Å². The van der Waals surface area contributed by atoms with E-state index in [2.05, 4.69) is 10.3 Å². The number of rotatable bonds is 7. The quantitative estimate of drug-likeness (QED) is 0.655. The molecule has 1 aromatic heterocycles. The Morgan fingerprint density at radius 3 is 2.56 bits per heavy atom. The van der Waals surface area contributed by atoms with E-state index in [-0.39, 0.29) is 18.2 Å². The zero-order valence-corrected chi connectivity index (χ0v) is 16.4. The van der Waals surface area contributed by atoms with Gasteiger partial charge in [0.25, 0.3) is 0 Å². The molecule has 0 saturated heterocycles. The molecule has 2 aromatic carbocycles. The van der Waals surface area contributed by atoms with Gasteiger partial charge in [-0.3, -0.25) is 4.79 Å². The van der Waals surface area contributed by atoms with E-state index in [1.807, 2.05) is 42.5 Å². The van der Waals surface area contributed by atoms with E-state index >= 15 is 0 Å². The van der Waals surface area contributed by atoms with Gasteiger partial charge in [-0.15, -0.1) is 0 Å². The normalized spacial score (nSPS) is 11.6. The van der Waals surface area contributed by atoms with Crippen molar-refractivity contribution in [2.45, 2.75) is 18.7 Å². The van der Waals surface area contributed by atoms with Crippen LogP contribution in [0.15, 0.2) is 48.5 Å². The third-order valence-electron chi connectivity index (χ3n) is 4.08. The summed E-state index contributed by atoms with van der Waals surface area (Å²) in [6, 6.07) is 14.8. The van der Waals surface area contributed by atoms with E-state index in [1.54, 1.807) is 10.6 Å². The van der Waals surface area contributed by atoms with Crippen LogP contribution in [0.5, 0.6) is 0 Å². The third-order valence-corrected chi connectivity index (χ3v) is 5.11. The molecule has 0 fully saturated rings. The lowest BCUT2D eigenvalue weighted by molar-refractivity contribution is -0.121. The molecule has 0 radical (unpaired) electrons. The van der Waals surface area contributed by atoms with Crippen molar-refractivity contribution in [1.29, 1.82) is 0 Å². The third kappa shape index (κ3) is 5.30. The molecule has 0 unspecified atom stereocenters. The molecule has 0 saturated carbocycles. The Kier molecular flexibility index (Phi) is 5.82. The van der Waals surface area contributed by atoms with Gasteiger partial charge in [0.05, 0.1) is 11.0 Å². The smallest absolute Gasteiger partial charge is 0.240 e. The zero-order chi connectivity index (χ0) is 19.4. The van der Waals surface area contributed by atoms with Crippen molar-refractivity contribution in [2.75, 3.05) is 12.8 Å². The van der Waals surface area contributed by atoms with Gasteiger partial charge in [-0.25, -0.2) is 13.4 Å². The zero-order valence-electron chi connectivity index (χ0n) is 14.9. The van der Waals surface area contributed by atoms with Gasteiger partial charge in [0.15, 0.2) is 9.84 Å². The first-order chi connectivity index (χ1) is 12.8. The Hall–Kier alpha value is -2.38. The second-order valence-electron chi connectivity index (χ2n) is 6.40. The Labute approximate surface area is 163 Å². The highest BCUT2D eigenvalue weighted by atomic mass is 35.5. The largest absolute Gasteiger partial charge is 0.354 e. The highest BCUT2D eigenvalue weighted by molar-refractivity contribution is 7.89. The van der Waals surface area contributed by atoms with Gasteiger partial charge in [-0.1, -0.05) is 35.9 Å². The van der Waals surface area contributed by atoms with Crippen LogP contribution < -0.4 is 5.32 Å². The lowest BCUT2D eigenvalue weighted by Gasteiger charge is -2.10. The highest BCUT2D eigenvalue weighted by Gasteiger charge is 2.17. The molecule has 142 valence electrons. The van der Waals surface area contributed by atoms with Crippen LogP contribution in [0.3, 0.4) is 0 Å². The summed E-state index contributed by atoms with van der Waals surface area (Å²) in [5, 5.41) is 3.54. The van der Waals surface area contributed by atoms with Crippen molar-refractivity contribution in [1.82, 2.24) is 14.9 Å². The number of fused-ring (bicyclic) bond motifs is 1. The maximum absolute atomic E-state index is 12.4. The Morgan fingerprint density at radius 2 is 1.85 bits per heavy atom. The summed E-state index contributed by atoms with van der Waals surface area (Å²) in [6.07, 6.45) is 1.84. The van der Waals surface area contributed by atoms with Crippen LogP contribution in [0, 0.1) is 0 Å². The Bertz CT molecular complexity index is 1060. The van der Waals surface area contributed by atoms with E-state index in [0.29, 0.717) is 29.3 Å². The molecule has 0 bridgehead atoms. The van der Waals surface area contributed by atoms with Crippen LogP contribution in [0.25, 0.3) is 11.0 Å². The fourth-order valence-corrected chi connectivity index (χ4v) is 3.66. The van der Waals surface area contributed by atoms with Crippen LogP contribution in [0.1, 0.15) is 11.4 Å². The van der Waals surface area contributed by atoms with E-state index < -0.39 is 9.84 Å². The summed E-state index contributed by atoms with van der Waals surface area (Å²) in [5.74, 6) is -0.0341. The van der Waals surface area contributed by atoms with E-state index in [4.69, 9.17) is 11.6 Å². The van der Waals surface area contributed by atoms with Crippen molar-refractivity contribution < 1.29 is 13.2 Å². The molecule has 8 heteroatoms. The number of amides is 1. The summed E-state index contributed by atoms with van der Waals surface area (Å²) in [5.41, 5.74) is 2.49. The second-order valence-corrected chi connectivity index (χ2v) is 8.98. The number of benzene rings is 2. The predicted octanol–water partition coefficient (Wildman–Crippen LogP) is 2.59. The maximum atomic E-state index is 12.4. The van der Waals surface area contributed by atoms with Crippen molar-refractivity contribution in [3.63, 3.8) is 0 Å². The number of carbonyl (C=O) groups is 1. The lowest BCUT2D eigenvalue weighted by Crippen LogP contribution is -2.30. The molecular formula is C19H20ClN3O3S. The number of para-hydroxylation sites is 2.